The van der Waals surface area contributed by atoms with Crippen LogP contribution < -0.4 is 4.90 Å². The van der Waals surface area contributed by atoms with Gasteiger partial charge in [-0.2, -0.15) is 0 Å². The number of rotatable bonds is 3. The molecule has 0 aliphatic heterocycles. The quantitative estimate of drug-likeness (QED) is 0.705. The van der Waals surface area contributed by atoms with E-state index in [1.807, 2.05) is 62.4 Å². The van der Waals surface area contributed by atoms with E-state index in [0.29, 0.717) is 5.56 Å². The number of hydrogen-bond donors (Lipinski definition) is 0. The van der Waals surface area contributed by atoms with Crippen LogP contribution in [0.2, 0.25) is 0 Å². The number of aryl methyl sites for hydroxylation is 2. The molecule has 0 fully saturated rings. The molecule has 1 amide bonds. The molecule has 3 heteroatoms. The van der Waals surface area contributed by atoms with Crippen LogP contribution in [0.1, 0.15) is 21.5 Å². The molecule has 0 bridgehead atoms. The van der Waals surface area contributed by atoms with E-state index in [4.69, 9.17) is 0 Å². The Morgan fingerprint density at radius 3 is 2.42 bits per heavy atom. The van der Waals surface area contributed by atoms with Gasteiger partial charge < -0.3 is 4.90 Å². The van der Waals surface area contributed by atoms with Crippen molar-refractivity contribution in [3.63, 3.8) is 0 Å². The Balaban J connectivity index is 1.94. The summed E-state index contributed by atoms with van der Waals surface area (Å²) in [5, 5.41) is 0. The average Bonchev–Trinajstić information content (AvgIpc) is 2.63. The molecule has 3 rings (SSSR count). The molecule has 0 N–H and O–H groups in total. The van der Waals surface area contributed by atoms with E-state index in [1.165, 1.54) is 0 Å². The van der Waals surface area contributed by atoms with Crippen LogP contribution in [0.4, 0.5) is 5.69 Å². The highest BCUT2D eigenvalue weighted by Gasteiger charge is 2.16. The predicted octanol–water partition coefficient (Wildman–Crippen LogP) is 4.64. The van der Waals surface area contributed by atoms with E-state index in [9.17, 15) is 4.79 Å². The largest absolute Gasteiger partial charge is 0.311 e. The molecular weight excluding hydrogens is 296 g/mol. The average molecular weight is 316 g/mol. The van der Waals surface area contributed by atoms with Crippen LogP contribution >= 0.6 is 0 Å². The lowest BCUT2D eigenvalue weighted by Gasteiger charge is -2.20. The SMILES string of the molecule is Cc1ccc(C)c(N(C)C(=O)c2cncc(-c3ccccc3)c2)c1. The summed E-state index contributed by atoms with van der Waals surface area (Å²) < 4.78 is 0. The maximum absolute atomic E-state index is 12.9. The van der Waals surface area contributed by atoms with Crippen LogP contribution in [-0.2, 0) is 0 Å². The Labute approximate surface area is 142 Å². The van der Waals surface area contributed by atoms with Crippen LogP contribution in [0.25, 0.3) is 11.1 Å². The second-order valence-electron chi connectivity index (χ2n) is 5.98. The van der Waals surface area contributed by atoms with E-state index in [2.05, 4.69) is 11.1 Å². The molecule has 0 aliphatic rings. The molecule has 0 spiro atoms. The molecule has 3 nitrogen and oxygen atoms in total. The fourth-order valence-corrected chi connectivity index (χ4v) is 2.73. The predicted molar refractivity (Wildman–Crippen MR) is 98.3 cm³/mol. The molecule has 0 radical (unpaired) electrons. The fraction of sp³-hybridized carbons (Fsp3) is 0.143. The Kier molecular flexibility index (Phi) is 4.43. The van der Waals surface area contributed by atoms with Gasteiger partial charge in [0.2, 0.25) is 0 Å². The lowest BCUT2D eigenvalue weighted by Crippen LogP contribution is -2.27. The summed E-state index contributed by atoms with van der Waals surface area (Å²) in [5.41, 5.74) is 5.70. The third kappa shape index (κ3) is 3.20. The Morgan fingerprint density at radius 2 is 1.67 bits per heavy atom. The number of pyridine rings is 1. The topological polar surface area (TPSA) is 33.2 Å². The van der Waals surface area contributed by atoms with Crippen molar-refractivity contribution in [2.75, 3.05) is 11.9 Å². The normalized spacial score (nSPS) is 10.5. The van der Waals surface area contributed by atoms with Gasteiger partial charge in [0.15, 0.2) is 0 Å². The number of hydrogen-bond acceptors (Lipinski definition) is 2. The molecule has 0 saturated heterocycles. The first-order chi connectivity index (χ1) is 11.6. The van der Waals surface area contributed by atoms with E-state index >= 15 is 0 Å². The third-order valence-electron chi connectivity index (χ3n) is 4.12. The minimum absolute atomic E-state index is 0.0611. The number of nitrogens with zero attached hydrogens (tertiary/aromatic N) is 2. The van der Waals surface area contributed by atoms with Gasteiger partial charge in [-0.05, 0) is 42.7 Å². The van der Waals surface area contributed by atoms with Gasteiger partial charge in [-0.1, -0.05) is 42.5 Å². The fourth-order valence-electron chi connectivity index (χ4n) is 2.73. The first kappa shape index (κ1) is 15.9. The first-order valence-electron chi connectivity index (χ1n) is 7.92. The molecular formula is C21H20N2O. The van der Waals surface area contributed by atoms with Crippen molar-refractivity contribution in [3.8, 4) is 11.1 Å². The number of benzene rings is 2. The Bertz CT molecular complexity index is 872. The monoisotopic (exact) mass is 316 g/mol. The first-order valence-corrected chi connectivity index (χ1v) is 7.92. The van der Waals surface area contributed by atoms with Crippen molar-refractivity contribution in [1.29, 1.82) is 0 Å². The summed E-state index contributed by atoms with van der Waals surface area (Å²) in [5.74, 6) is -0.0611. The highest BCUT2D eigenvalue weighted by molar-refractivity contribution is 6.06. The maximum Gasteiger partial charge on any atom is 0.259 e. The number of anilines is 1. The van der Waals surface area contributed by atoms with E-state index in [-0.39, 0.29) is 5.91 Å². The summed E-state index contributed by atoms with van der Waals surface area (Å²) in [6.45, 7) is 4.04. The second-order valence-corrected chi connectivity index (χ2v) is 5.98. The van der Waals surface area contributed by atoms with Crippen LogP contribution in [-0.4, -0.2) is 17.9 Å². The molecule has 1 aromatic heterocycles. The smallest absolute Gasteiger partial charge is 0.259 e. The zero-order chi connectivity index (χ0) is 17.1. The zero-order valence-electron chi connectivity index (χ0n) is 14.2. The lowest BCUT2D eigenvalue weighted by molar-refractivity contribution is 0.0992. The van der Waals surface area contributed by atoms with Gasteiger partial charge in [-0.25, -0.2) is 0 Å². The van der Waals surface area contributed by atoms with Gasteiger partial charge in [-0.3, -0.25) is 9.78 Å². The highest BCUT2D eigenvalue weighted by Crippen LogP contribution is 2.24. The summed E-state index contributed by atoms with van der Waals surface area (Å²) in [6, 6.07) is 18.0. The maximum atomic E-state index is 12.9. The molecule has 2 aromatic carbocycles. The van der Waals surface area contributed by atoms with Crippen LogP contribution in [0.15, 0.2) is 67.0 Å². The van der Waals surface area contributed by atoms with Crippen LogP contribution in [0, 0.1) is 13.8 Å². The van der Waals surface area contributed by atoms with Crippen molar-refractivity contribution in [3.05, 3.63) is 83.7 Å². The van der Waals surface area contributed by atoms with Gasteiger partial charge in [0.05, 0.1) is 5.56 Å². The van der Waals surface area contributed by atoms with Gasteiger partial charge in [-0.15, -0.1) is 0 Å². The van der Waals surface area contributed by atoms with E-state index in [0.717, 1.165) is 27.9 Å². The molecule has 0 saturated carbocycles. The van der Waals surface area contributed by atoms with Crippen molar-refractivity contribution >= 4 is 11.6 Å². The Morgan fingerprint density at radius 1 is 0.917 bits per heavy atom. The molecule has 120 valence electrons. The Hall–Kier alpha value is -2.94. The number of aromatic nitrogens is 1. The van der Waals surface area contributed by atoms with Crippen molar-refractivity contribution in [1.82, 2.24) is 4.98 Å². The lowest BCUT2D eigenvalue weighted by atomic mass is 10.1. The van der Waals surface area contributed by atoms with Gasteiger partial charge in [0.25, 0.3) is 5.91 Å². The zero-order valence-corrected chi connectivity index (χ0v) is 14.2. The molecule has 1 heterocycles. The third-order valence-corrected chi connectivity index (χ3v) is 4.12. The summed E-state index contributed by atoms with van der Waals surface area (Å²) in [7, 11) is 1.80. The molecule has 0 aliphatic carbocycles. The molecule has 0 unspecified atom stereocenters. The summed E-state index contributed by atoms with van der Waals surface area (Å²) in [4.78, 5) is 18.8. The van der Waals surface area contributed by atoms with E-state index < -0.39 is 0 Å². The van der Waals surface area contributed by atoms with Crippen molar-refractivity contribution in [2.45, 2.75) is 13.8 Å². The van der Waals surface area contributed by atoms with Crippen LogP contribution in [0.3, 0.4) is 0 Å². The minimum atomic E-state index is -0.0611. The number of carbonyl (C=O) groups excluding carboxylic acids is 1. The van der Waals surface area contributed by atoms with Crippen molar-refractivity contribution in [2.24, 2.45) is 0 Å². The minimum Gasteiger partial charge on any atom is -0.311 e. The highest BCUT2D eigenvalue weighted by atomic mass is 16.2. The second kappa shape index (κ2) is 6.67. The van der Waals surface area contributed by atoms with Gasteiger partial charge >= 0.3 is 0 Å². The summed E-state index contributed by atoms with van der Waals surface area (Å²) in [6.07, 6.45) is 3.40. The van der Waals surface area contributed by atoms with Crippen LogP contribution in [0.5, 0.6) is 0 Å². The van der Waals surface area contributed by atoms with Gasteiger partial charge in [0.1, 0.15) is 0 Å². The standard InChI is InChI=1S/C21H20N2O/c1-15-9-10-16(2)20(11-15)23(3)21(24)19-12-18(13-22-14-19)17-7-5-4-6-8-17/h4-14H,1-3H3. The van der Waals surface area contributed by atoms with E-state index in [1.54, 1.807) is 24.3 Å². The number of carbonyl (C=O) groups is 1. The number of amides is 1. The van der Waals surface area contributed by atoms with Gasteiger partial charge in [0, 0.05) is 30.7 Å². The summed E-state index contributed by atoms with van der Waals surface area (Å²) >= 11 is 0. The van der Waals surface area contributed by atoms with Crippen molar-refractivity contribution < 1.29 is 4.79 Å². The molecule has 3 aromatic rings. The molecule has 24 heavy (non-hydrogen) atoms. The molecule has 0 atom stereocenters.